The maximum Gasteiger partial charge on any atom is 0.257 e. The molecule has 1 rings (SSSR count). The van der Waals surface area contributed by atoms with Crippen LogP contribution in [0, 0.1) is 0 Å². The average Bonchev–Trinajstić information content (AvgIpc) is 2.47. The molecule has 1 unspecified atom stereocenters. The molecule has 1 amide bonds. The zero-order valence-corrected chi connectivity index (χ0v) is 12.7. The highest BCUT2D eigenvalue weighted by molar-refractivity contribution is 5.77. The van der Waals surface area contributed by atoms with Gasteiger partial charge in [0.1, 0.15) is 5.75 Å². The molecule has 4 heteroatoms. The van der Waals surface area contributed by atoms with Crippen molar-refractivity contribution in [3.8, 4) is 5.75 Å². The van der Waals surface area contributed by atoms with Crippen molar-refractivity contribution in [3.05, 3.63) is 29.8 Å². The summed E-state index contributed by atoms with van der Waals surface area (Å²) in [5, 5.41) is 6.22. The van der Waals surface area contributed by atoms with Gasteiger partial charge >= 0.3 is 0 Å². The third-order valence-corrected chi connectivity index (χ3v) is 3.08. The Hall–Kier alpha value is -1.55. The summed E-state index contributed by atoms with van der Waals surface area (Å²) in [4.78, 5) is 11.3. The van der Waals surface area contributed by atoms with Gasteiger partial charge < -0.3 is 15.4 Å². The minimum atomic E-state index is -0.0902. The van der Waals surface area contributed by atoms with Crippen LogP contribution in [0.5, 0.6) is 5.75 Å². The third-order valence-electron chi connectivity index (χ3n) is 3.08. The molecule has 0 aromatic heterocycles. The predicted octanol–water partition coefficient (Wildman–Crippen LogP) is 2.65. The van der Waals surface area contributed by atoms with Crippen LogP contribution in [-0.4, -0.2) is 25.6 Å². The highest BCUT2D eigenvalue weighted by atomic mass is 16.5. The Morgan fingerprint density at radius 3 is 2.45 bits per heavy atom. The molecule has 0 saturated heterocycles. The lowest BCUT2D eigenvalue weighted by atomic mass is 10.0. The maximum atomic E-state index is 11.3. The molecule has 0 saturated carbocycles. The molecule has 0 radical (unpaired) electrons. The van der Waals surface area contributed by atoms with Crippen LogP contribution >= 0.6 is 0 Å². The van der Waals surface area contributed by atoms with E-state index in [9.17, 15) is 4.79 Å². The topological polar surface area (TPSA) is 50.4 Å². The molecule has 2 N–H and O–H groups in total. The summed E-state index contributed by atoms with van der Waals surface area (Å²) >= 11 is 0. The fourth-order valence-corrected chi connectivity index (χ4v) is 2.01. The van der Waals surface area contributed by atoms with E-state index in [1.54, 1.807) is 0 Å². The number of hydrogen-bond acceptors (Lipinski definition) is 3. The Kier molecular flexibility index (Phi) is 7.73. The van der Waals surface area contributed by atoms with Gasteiger partial charge in [0.05, 0.1) is 0 Å². The van der Waals surface area contributed by atoms with Crippen molar-refractivity contribution >= 4 is 5.91 Å². The van der Waals surface area contributed by atoms with E-state index < -0.39 is 0 Å². The van der Waals surface area contributed by atoms with Crippen LogP contribution in [0.2, 0.25) is 0 Å². The zero-order valence-electron chi connectivity index (χ0n) is 12.7. The molecule has 0 spiro atoms. The Morgan fingerprint density at radius 2 is 1.90 bits per heavy atom. The van der Waals surface area contributed by atoms with Gasteiger partial charge in [-0.05, 0) is 44.0 Å². The van der Waals surface area contributed by atoms with Crippen molar-refractivity contribution in [2.75, 3.05) is 19.7 Å². The first kappa shape index (κ1) is 16.5. The van der Waals surface area contributed by atoms with Crippen molar-refractivity contribution in [1.82, 2.24) is 10.6 Å². The van der Waals surface area contributed by atoms with Crippen LogP contribution in [0.1, 0.15) is 45.2 Å². The standard InChI is InChI=1S/C16H26N2O2/c1-4-11-18-15(5-2)13-7-9-14(10-8-13)20-12-16(19)17-6-3/h7-10,15,18H,4-6,11-12H2,1-3H3,(H,17,19). The Balaban J connectivity index is 2.52. The molecule has 1 aromatic carbocycles. The van der Waals surface area contributed by atoms with E-state index in [-0.39, 0.29) is 12.5 Å². The molecule has 1 aromatic rings. The summed E-state index contributed by atoms with van der Waals surface area (Å²) in [5.41, 5.74) is 1.26. The number of benzene rings is 1. The lowest BCUT2D eigenvalue weighted by Gasteiger charge is -2.17. The minimum absolute atomic E-state index is 0.0679. The summed E-state index contributed by atoms with van der Waals surface area (Å²) in [6.45, 7) is 7.94. The highest BCUT2D eigenvalue weighted by Gasteiger charge is 2.08. The van der Waals surface area contributed by atoms with E-state index in [1.165, 1.54) is 5.56 Å². The lowest BCUT2D eigenvalue weighted by molar-refractivity contribution is -0.122. The van der Waals surface area contributed by atoms with Gasteiger partial charge in [0, 0.05) is 12.6 Å². The first-order chi connectivity index (χ1) is 9.71. The quantitative estimate of drug-likeness (QED) is 0.730. The molecular weight excluding hydrogens is 252 g/mol. The number of rotatable bonds is 9. The third kappa shape index (κ3) is 5.61. The highest BCUT2D eigenvalue weighted by Crippen LogP contribution is 2.20. The van der Waals surface area contributed by atoms with Crippen LogP contribution in [0.15, 0.2) is 24.3 Å². The summed E-state index contributed by atoms with van der Waals surface area (Å²) in [6, 6.07) is 8.34. The molecule has 0 aliphatic carbocycles. The number of carbonyl (C=O) groups excluding carboxylic acids is 1. The molecule has 0 aliphatic rings. The van der Waals surface area contributed by atoms with E-state index in [0.717, 1.165) is 25.1 Å². The fourth-order valence-electron chi connectivity index (χ4n) is 2.01. The summed E-state index contributed by atoms with van der Waals surface area (Å²) in [7, 11) is 0. The summed E-state index contributed by atoms with van der Waals surface area (Å²) in [6.07, 6.45) is 2.18. The molecule has 20 heavy (non-hydrogen) atoms. The molecule has 112 valence electrons. The number of carbonyl (C=O) groups is 1. The second kappa shape index (κ2) is 9.37. The monoisotopic (exact) mass is 278 g/mol. The second-order valence-electron chi connectivity index (χ2n) is 4.73. The first-order valence-electron chi connectivity index (χ1n) is 7.44. The average molecular weight is 278 g/mol. The largest absolute Gasteiger partial charge is 0.484 e. The van der Waals surface area contributed by atoms with E-state index in [2.05, 4.69) is 36.6 Å². The molecule has 4 nitrogen and oxygen atoms in total. The van der Waals surface area contributed by atoms with Gasteiger partial charge in [-0.25, -0.2) is 0 Å². The minimum Gasteiger partial charge on any atom is -0.484 e. The zero-order chi connectivity index (χ0) is 14.8. The van der Waals surface area contributed by atoms with Gasteiger partial charge in [0.25, 0.3) is 5.91 Å². The summed E-state index contributed by atoms with van der Waals surface area (Å²) in [5.74, 6) is 0.637. The van der Waals surface area contributed by atoms with Crippen molar-refractivity contribution in [3.63, 3.8) is 0 Å². The van der Waals surface area contributed by atoms with E-state index in [1.807, 2.05) is 19.1 Å². The van der Waals surface area contributed by atoms with Crippen molar-refractivity contribution in [2.45, 2.75) is 39.7 Å². The molecular formula is C16H26N2O2. The SMILES string of the molecule is CCCNC(CC)c1ccc(OCC(=O)NCC)cc1. The van der Waals surface area contributed by atoms with E-state index in [4.69, 9.17) is 4.74 Å². The Labute approximate surface area is 121 Å². The van der Waals surface area contributed by atoms with E-state index >= 15 is 0 Å². The van der Waals surface area contributed by atoms with Gasteiger partial charge in [-0.2, -0.15) is 0 Å². The molecule has 0 heterocycles. The van der Waals surface area contributed by atoms with E-state index in [0.29, 0.717) is 12.6 Å². The Bertz CT molecular complexity index is 390. The van der Waals surface area contributed by atoms with Gasteiger partial charge in [-0.15, -0.1) is 0 Å². The van der Waals surface area contributed by atoms with Crippen LogP contribution in [-0.2, 0) is 4.79 Å². The van der Waals surface area contributed by atoms with Crippen LogP contribution in [0.3, 0.4) is 0 Å². The van der Waals surface area contributed by atoms with Gasteiger partial charge in [0.15, 0.2) is 6.61 Å². The van der Waals surface area contributed by atoms with Crippen molar-refractivity contribution in [2.24, 2.45) is 0 Å². The number of ether oxygens (including phenoxy) is 1. The second-order valence-corrected chi connectivity index (χ2v) is 4.73. The number of hydrogen-bond donors (Lipinski definition) is 2. The maximum absolute atomic E-state index is 11.3. The van der Waals surface area contributed by atoms with Crippen LogP contribution in [0.25, 0.3) is 0 Å². The number of likely N-dealkylation sites (N-methyl/N-ethyl adjacent to an activating group) is 1. The number of nitrogens with one attached hydrogen (secondary N) is 2. The predicted molar refractivity (Wildman–Crippen MR) is 81.9 cm³/mol. The lowest BCUT2D eigenvalue weighted by Crippen LogP contribution is -2.28. The summed E-state index contributed by atoms with van der Waals surface area (Å²) < 4.78 is 5.44. The van der Waals surface area contributed by atoms with Gasteiger partial charge in [0.2, 0.25) is 0 Å². The van der Waals surface area contributed by atoms with Crippen LogP contribution < -0.4 is 15.4 Å². The van der Waals surface area contributed by atoms with Gasteiger partial charge in [-0.1, -0.05) is 26.0 Å². The van der Waals surface area contributed by atoms with Crippen molar-refractivity contribution in [1.29, 1.82) is 0 Å². The number of amides is 1. The van der Waals surface area contributed by atoms with Crippen LogP contribution in [0.4, 0.5) is 0 Å². The molecule has 0 aliphatic heterocycles. The van der Waals surface area contributed by atoms with Crippen molar-refractivity contribution < 1.29 is 9.53 Å². The first-order valence-corrected chi connectivity index (χ1v) is 7.44. The molecule has 1 atom stereocenters. The van der Waals surface area contributed by atoms with Gasteiger partial charge in [-0.3, -0.25) is 4.79 Å². The molecule has 0 bridgehead atoms. The normalized spacial score (nSPS) is 11.9. The smallest absolute Gasteiger partial charge is 0.257 e. The fraction of sp³-hybridized carbons (Fsp3) is 0.562. The Morgan fingerprint density at radius 1 is 1.20 bits per heavy atom. The molecule has 0 fully saturated rings.